The number of sulfonamides is 1. The summed E-state index contributed by atoms with van der Waals surface area (Å²) in [7, 11) is -3.68. The first-order valence-corrected chi connectivity index (χ1v) is 10.3. The first-order valence-electron chi connectivity index (χ1n) is 8.77. The van der Waals surface area contributed by atoms with Gasteiger partial charge in [-0.1, -0.05) is 26.0 Å². The molecule has 0 atom stereocenters. The van der Waals surface area contributed by atoms with Gasteiger partial charge < -0.3 is 5.32 Å². The van der Waals surface area contributed by atoms with Crippen molar-refractivity contribution in [1.29, 1.82) is 0 Å². The summed E-state index contributed by atoms with van der Waals surface area (Å²) in [6.45, 7) is 7.67. The number of rotatable bonds is 6. The maximum absolute atomic E-state index is 12.6. The van der Waals surface area contributed by atoms with E-state index in [9.17, 15) is 8.42 Å². The zero-order valence-electron chi connectivity index (χ0n) is 15.9. The summed E-state index contributed by atoms with van der Waals surface area (Å²) < 4.78 is 27.8. The summed E-state index contributed by atoms with van der Waals surface area (Å²) in [5.41, 5.74) is 4.61. The number of H-pyrrole nitrogens is 1. The standard InChI is InChI=1S/C20H24N4O2S/c1-13(2)16-5-7-17(8-6-16)21-18-9-11-19(12-10-18)24-27(25,26)20-14(3)22-23-15(20)4/h5-13,21,24H,1-4H3,(H,22,23). The average Bonchev–Trinajstić information content (AvgIpc) is 2.96. The third kappa shape index (κ3) is 4.31. The lowest BCUT2D eigenvalue weighted by Gasteiger charge is -2.11. The molecule has 0 saturated carbocycles. The average molecular weight is 385 g/mol. The van der Waals surface area contributed by atoms with Crippen molar-refractivity contribution in [2.75, 3.05) is 10.0 Å². The number of aryl methyl sites for hydroxylation is 2. The zero-order valence-corrected chi connectivity index (χ0v) is 16.7. The van der Waals surface area contributed by atoms with Crippen molar-refractivity contribution in [1.82, 2.24) is 10.2 Å². The molecule has 0 amide bonds. The summed E-state index contributed by atoms with van der Waals surface area (Å²) in [6.07, 6.45) is 0. The lowest BCUT2D eigenvalue weighted by Crippen LogP contribution is -2.14. The molecule has 0 radical (unpaired) electrons. The molecular formula is C20H24N4O2S. The van der Waals surface area contributed by atoms with Crippen LogP contribution in [0.15, 0.2) is 53.4 Å². The Morgan fingerprint density at radius 1 is 0.889 bits per heavy atom. The van der Waals surface area contributed by atoms with Gasteiger partial charge in [-0.05, 0) is 61.7 Å². The summed E-state index contributed by atoms with van der Waals surface area (Å²) in [5, 5.41) is 9.96. The molecule has 0 aliphatic rings. The van der Waals surface area contributed by atoms with Gasteiger partial charge in [-0.3, -0.25) is 9.82 Å². The first kappa shape index (κ1) is 19.0. The van der Waals surface area contributed by atoms with Gasteiger partial charge in [-0.25, -0.2) is 8.42 Å². The summed E-state index contributed by atoms with van der Waals surface area (Å²) >= 11 is 0. The van der Waals surface area contributed by atoms with E-state index in [4.69, 9.17) is 0 Å². The van der Waals surface area contributed by atoms with Crippen molar-refractivity contribution in [3.8, 4) is 0 Å². The van der Waals surface area contributed by atoms with Crippen LogP contribution in [0.1, 0.15) is 36.7 Å². The SMILES string of the molecule is Cc1n[nH]c(C)c1S(=O)(=O)Nc1ccc(Nc2ccc(C(C)C)cc2)cc1. The summed E-state index contributed by atoms with van der Waals surface area (Å²) in [4.78, 5) is 0.190. The smallest absolute Gasteiger partial charge is 0.265 e. The van der Waals surface area contributed by atoms with Gasteiger partial charge >= 0.3 is 0 Å². The van der Waals surface area contributed by atoms with Crippen molar-refractivity contribution in [2.24, 2.45) is 0 Å². The Morgan fingerprint density at radius 3 is 1.89 bits per heavy atom. The summed E-state index contributed by atoms with van der Waals surface area (Å²) in [6, 6.07) is 15.4. The maximum Gasteiger partial charge on any atom is 0.265 e. The van der Waals surface area contributed by atoms with Gasteiger partial charge in [-0.2, -0.15) is 5.10 Å². The van der Waals surface area contributed by atoms with E-state index in [0.29, 0.717) is 23.0 Å². The molecule has 142 valence electrons. The molecule has 0 fully saturated rings. The molecule has 0 saturated heterocycles. The van der Waals surface area contributed by atoms with E-state index in [1.54, 1.807) is 26.0 Å². The third-order valence-electron chi connectivity index (χ3n) is 4.33. The second kappa shape index (κ2) is 7.44. The zero-order chi connectivity index (χ0) is 19.6. The van der Waals surface area contributed by atoms with E-state index in [1.807, 2.05) is 24.3 Å². The van der Waals surface area contributed by atoms with Crippen molar-refractivity contribution < 1.29 is 8.42 Å². The van der Waals surface area contributed by atoms with Crippen molar-refractivity contribution >= 4 is 27.1 Å². The predicted octanol–water partition coefficient (Wildman–Crippen LogP) is 4.69. The number of anilines is 3. The van der Waals surface area contributed by atoms with Gasteiger partial charge in [0.05, 0.1) is 11.4 Å². The molecule has 7 heteroatoms. The van der Waals surface area contributed by atoms with Crippen LogP contribution in [0.5, 0.6) is 0 Å². The largest absolute Gasteiger partial charge is 0.356 e. The summed E-state index contributed by atoms with van der Waals surface area (Å²) in [5.74, 6) is 0.494. The fourth-order valence-corrected chi connectivity index (χ4v) is 4.31. The molecule has 3 aromatic rings. The number of nitrogens with one attached hydrogen (secondary N) is 3. The van der Waals surface area contributed by atoms with Crippen LogP contribution in [0, 0.1) is 13.8 Å². The number of hydrogen-bond acceptors (Lipinski definition) is 4. The molecule has 0 unspecified atom stereocenters. The fraction of sp³-hybridized carbons (Fsp3) is 0.250. The van der Waals surface area contributed by atoms with Crippen LogP contribution >= 0.6 is 0 Å². The highest BCUT2D eigenvalue weighted by Gasteiger charge is 2.22. The second-order valence-electron chi connectivity index (χ2n) is 6.85. The molecule has 1 aromatic heterocycles. The molecule has 0 bridgehead atoms. The molecule has 27 heavy (non-hydrogen) atoms. The van der Waals surface area contributed by atoms with E-state index in [2.05, 4.69) is 46.2 Å². The lowest BCUT2D eigenvalue weighted by atomic mass is 10.0. The molecule has 0 spiro atoms. The van der Waals surface area contributed by atoms with Crippen LogP contribution < -0.4 is 10.0 Å². The Labute approximate surface area is 160 Å². The molecule has 6 nitrogen and oxygen atoms in total. The second-order valence-corrected chi connectivity index (χ2v) is 8.47. The number of aromatic amines is 1. The predicted molar refractivity (Wildman–Crippen MR) is 109 cm³/mol. The highest BCUT2D eigenvalue weighted by molar-refractivity contribution is 7.92. The third-order valence-corrected chi connectivity index (χ3v) is 5.98. The van der Waals surface area contributed by atoms with Gasteiger partial charge in [-0.15, -0.1) is 0 Å². The molecule has 3 rings (SSSR count). The van der Waals surface area contributed by atoms with E-state index in [1.165, 1.54) is 5.56 Å². The first-order chi connectivity index (χ1) is 12.8. The quantitative estimate of drug-likeness (QED) is 0.575. The van der Waals surface area contributed by atoms with Gasteiger partial charge in [0.25, 0.3) is 10.0 Å². The highest BCUT2D eigenvalue weighted by atomic mass is 32.2. The van der Waals surface area contributed by atoms with Crippen LogP contribution in [0.25, 0.3) is 0 Å². The van der Waals surface area contributed by atoms with E-state index in [0.717, 1.165) is 11.4 Å². The molecule has 0 aliphatic carbocycles. The van der Waals surface area contributed by atoms with Crippen LogP contribution in [0.4, 0.5) is 17.1 Å². The topological polar surface area (TPSA) is 86.9 Å². The van der Waals surface area contributed by atoms with Crippen molar-refractivity contribution in [3.63, 3.8) is 0 Å². The van der Waals surface area contributed by atoms with Gasteiger partial charge in [0.1, 0.15) is 4.90 Å². The highest BCUT2D eigenvalue weighted by Crippen LogP contribution is 2.24. The van der Waals surface area contributed by atoms with Crippen molar-refractivity contribution in [3.05, 3.63) is 65.5 Å². The minimum absolute atomic E-state index is 0.190. The Kier molecular flexibility index (Phi) is 5.23. The number of hydrogen-bond donors (Lipinski definition) is 3. The van der Waals surface area contributed by atoms with Crippen LogP contribution in [0.2, 0.25) is 0 Å². The normalized spacial score (nSPS) is 11.6. The lowest BCUT2D eigenvalue weighted by molar-refractivity contribution is 0.600. The van der Waals surface area contributed by atoms with E-state index >= 15 is 0 Å². The van der Waals surface area contributed by atoms with Gasteiger partial charge in [0, 0.05) is 17.1 Å². The molecular weight excluding hydrogens is 360 g/mol. The molecule has 0 aliphatic heterocycles. The van der Waals surface area contributed by atoms with Crippen LogP contribution in [0.3, 0.4) is 0 Å². The minimum Gasteiger partial charge on any atom is -0.356 e. The Bertz CT molecular complexity index is 1000. The van der Waals surface area contributed by atoms with Gasteiger partial charge in [0.2, 0.25) is 0 Å². The molecule has 2 aromatic carbocycles. The minimum atomic E-state index is -3.68. The van der Waals surface area contributed by atoms with Crippen molar-refractivity contribution in [2.45, 2.75) is 38.5 Å². The van der Waals surface area contributed by atoms with Crippen LogP contribution in [-0.4, -0.2) is 18.6 Å². The fourth-order valence-electron chi connectivity index (χ4n) is 2.88. The maximum atomic E-state index is 12.6. The number of nitrogens with zero attached hydrogens (tertiary/aromatic N) is 1. The Balaban J connectivity index is 1.72. The van der Waals surface area contributed by atoms with E-state index < -0.39 is 10.0 Å². The molecule has 3 N–H and O–H groups in total. The monoisotopic (exact) mass is 384 g/mol. The number of aromatic nitrogens is 2. The Morgan fingerprint density at radius 2 is 1.41 bits per heavy atom. The van der Waals surface area contributed by atoms with E-state index in [-0.39, 0.29) is 4.90 Å². The van der Waals surface area contributed by atoms with Crippen LogP contribution in [-0.2, 0) is 10.0 Å². The van der Waals surface area contributed by atoms with Gasteiger partial charge in [0.15, 0.2) is 0 Å². The molecule has 1 heterocycles. The number of benzene rings is 2. The Hall–Kier alpha value is -2.80.